The summed E-state index contributed by atoms with van der Waals surface area (Å²) in [7, 11) is 0. The zero-order chi connectivity index (χ0) is 17.0. The van der Waals surface area contributed by atoms with Crippen LogP contribution in [0.3, 0.4) is 0 Å². The first-order valence-electron chi connectivity index (χ1n) is 6.19. The van der Waals surface area contributed by atoms with E-state index >= 15 is 0 Å². The molecule has 0 fully saturated rings. The van der Waals surface area contributed by atoms with Crippen molar-refractivity contribution in [3.63, 3.8) is 0 Å². The molecule has 23 heavy (non-hydrogen) atoms. The zero-order valence-electron chi connectivity index (χ0n) is 11.4. The van der Waals surface area contributed by atoms with Crippen LogP contribution in [0.25, 0.3) is 0 Å². The van der Waals surface area contributed by atoms with Gasteiger partial charge in [-0.3, -0.25) is 20.2 Å². The quantitative estimate of drug-likeness (QED) is 0.511. The first-order valence-corrected chi connectivity index (χ1v) is 6.60. The molecular weight excluding hydrogens is 328 g/mol. The summed E-state index contributed by atoms with van der Waals surface area (Å²) < 4.78 is 27.1. The summed E-state index contributed by atoms with van der Waals surface area (Å²) in [6.45, 7) is 0. The van der Waals surface area contributed by atoms with Crippen molar-refractivity contribution >= 4 is 34.6 Å². The van der Waals surface area contributed by atoms with Crippen LogP contribution in [0.2, 0.25) is 0 Å². The molecule has 0 unspecified atom stereocenters. The van der Waals surface area contributed by atoms with E-state index in [-0.39, 0.29) is 22.1 Å². The van der Waals surface area contributed by atoms with E-state index in [0.717, 1.165) is 24.3 Å². The minimum Gasteiger partial charge on any atom is -0.330 e. The van der Waals surface area contributed by atoms with Crippen LogP contribution in [-0.2, 0) is 0 Å². The van der Waals surface area contributed by atoms with Crippen LogP contribution in [-0.4, -0.2) is 15.9 Å². The second-order valence-electron chi connectivity index (χ2n) is 4.31. The Labute approximate surface area is 134 Å². The number of nitrogens with zero attached hydrogens (tertiary/aromatic N) is 1. The van der Waals surface area contributed by atoms with Gasteiger partial charge < -0.3 is 5.32 Å². The molecule has 0 saturated heterocycles. The van der Waals surface area contributed by atoms with E-state index in [4.69, 9.17) is 12.2 Å². The van der Waals surface area contributed by atoms with Gasteiger partial charge in [-0.2, -0.15) is 0 Å². The summed E-state index contributed by atoms with van der Waals surface area (Å²) in [6, 6.07) is 8.04. The third kappa shape index (κ3) is 4.04. The predicted octanol–water partition coefficient (Wildman–Crippen LogP) is 3.00. The average Bonchev–Trinajstić information content (AvgIpc) is 2.49. The molecule has 2 N–H and O–H groups in total. The standard InChI is InChI=1S/C14H9F2N3O3S/c15-10-4-2-1-3-9(10)13(20)18-14(23)17-12-7-8(19(21)22)5-6-11(12)16/h1-7H,(H2,17,18,20,23). The molecule has 0 heterocycles. The topological polar surface area (TPSA) is 84.3 Å². The van der Waals surface area contributed by atoms with Gasteiger partial charge >= 0.3 is 0 Å². The molecule has 0 aliphatic rings. The van der Waals surface area contributed by atoms with Crippen molar-refractivity contribution in [3.05, 3.63) is 69.8 Å². The predicted molar refractivity (Wildman–Crippen MR) is 83.1 cm³/mol. The van der Waals surface area contributed by atoms with E-state index in [2.05, 4.69) is 10.6 Å². The highest BCUT2D eigenvalue weighted by Crippen LogP contribution is 2.21. The smallest absolute Gasteiger partial charge is 0.271 e. The second kappa shape index (κ2) is 6.88. The fourth-order valence-electron chi connectivity index (χ4n) is 1.69. The fourth-order valence-corrected chi connectivity index (χ4v) is 1.89. The maximum atomic E-state index is 13.6. The minimum absolute atomic E-state index is 0.240. The lowest BCUT2D eigenvalue weighted by Gasteiger charge is -2.10. The summed E-state index contributed by atoms with van der Waals surface area (Å²) in [6.07, 6.45) is 0. The Morgan fingerprint density at radius 1 is 1.13 bits per heavy atom. The number of nitrogens with one attached hydrogen (secondary N) is 2. The van der Waals surface area contributed by atoms with Gasteiger partial charge in [-0.15, -0.1) is 0 Å². The van der Waals surface area contributed by atoms with Gasteiger partial charge in [0.1, 0.15) is 11.6 Å². The number of hydrogen-bond donors (Lipinski definition) is 2. The lowest BCUT2D eigenvalue weighted by Crippen LogP contribution is -2.34. The van der Waals surface area contributed by atoms with Crippen molar-refractivity contribution in [2.24, 2.45) is 0 Å². The first-order chi connectivity index (χ1) is 10.9. The highest BCUT2D eigenvalue weighted by molar-refractivity contribution is 7.80. The number of hydrogen-bond acceptors (Lipinski definition) is 4. The molecule has 0 atom stereocenters. The number of nitro benzene ring substituents is 1. The van der Waals surface area contributed by atoms with Crippen LogP contribution in [0, 0.1) is 21.7 Å². The Bertz CT molecular complexity index is 799. The van der Waals surface area contributed by atoms with Crippen LogP contribution in [0.1, 0.15) is 10.4 Å². The number of benzene rings is 2. The van der Waals surface area contributed by atoms with Crippen molar-refractivity contribution < 1.29 is 18.5 Å². The third-order valence-corrected chi connectivity index (χ3v) is 2.96. The molecule has 1 amide bonds. The number of halogens is 2. The van der Waals surface area contributed by atoms with Gasteiger partial charge in [-0.05, 0) is 30.4 Å². The zero-order valence-corrected chi connectivity index (χ0v) is 12.2. The first kappa shape index (κ1) is 16.4. The summed E-state index contributed by atoms with van der Waals surface area (Å²) in [4.78, 5) is 21.8. The lowest BCUT2D eigenvalue weighted by atomic mass is 10.2. The number of anilines is 1. The molecule has 0 aromatic heterocycles. The molecule has 2 aromatic rings. The number of amides is 1. The van der Waals surface area contributed by atoms with E-state index < -0.39 is 22.5 Å². The molecule has 2 aromatic carbocycles. The van der Waals surface area contributed by atoms with Gasteiger partial charge in [0.05, 0.1) is 16.2 Å². The number of carbonyl (C=O) groups is 1. The van der Waals surface area contributed by atoms with Gasteiger partial charge in [0.25, 0.3) is 11.6 Å². The van der Waals surface area contributed by atoms with Crippen molar-refractivity contribution in [2.75, 3.05) is 5.32 Å². The van der Waals surface area contributed by atoms with Crippen LogP contribution in [0.5, 0.6) is 0 Å². The van der Waals surface area contributed by atoms with E-state index in [0.29, 0.717) is 0 Å². The van der Waals surface area contributed by atoms with Crippen LogP contribution in [0.4, 0.5) is 20.2 Å². The van der Waals surface area contributed by atoms with E-state index in [1.807, 2.05) is 0 Å². The van der Waals surface area contributed by atoms with Gasteiger partial charge in [0, 0.05) is 12.1 Å². The molecule has 6 nitrogen and oxygen atoms in total. The molecule has 118 valence electrons. The highest BCUT2D eigenvalue weighted by atomic mass is 32.1. The van der Waals surface area contributed by atoms with Gasteiger partial charge in [-0.1, -0.05) is 12.1 Å². The van der Waals surface area contributed by atoms with Crippen LogP contribution >= 0.6 is 12.2 Å². The lowest BCUT2D eigenvalue weighted by molar-refractivity contribution is -0.384. The molecule has 0 bridgehead atoms. The van der Waals surface area contributed by atoms with E-state index in [1.165, 1.54) is 18.2 Å². The van der Waals surface area contributed by atoms with Crippen molar-refractivity contribution in [2.45, 2.75) is 0 Å². The maximum absolute atomic E-state index is 13.6. The molecule has 0 saturated carbocycles. The van der Waals surface area contributed by atoms with Gasteiger partial charge in [0.15, 0.2) is 5.11 Å². The Morgan fingerprint density at radius 3 is 2.48 bits per heavy atom. The maximum Gasteiger partial charge on any atom is 0.271 e. The van der Waals surface area contributed by atoms with Crippen molar-refractivity contribution in [3.8, 4) is 0 Å². The normalized spacial score (nSPS) is 10.0. The van der Waals surface area contributed by atoms with Gasteiger partial charge in [0.2, 0.25) is 0 Å². The number of non-ortho nitro benzene ring substituents is 1. The van der Waals surface area contributed by atoms with Crippen molar-refractivity contribution in [1.29, 1.82) is 0 Å². The van der Waals surface area contributed by atoms with Gasteiger partial charge in [-0.25, -0.2) is 8.78 Å². The molecule has 0 radical (unpaired) electrons. The molecule has 2 rings (SSSR count). The number of carbonyl (C=O) groups excluding carboxylic acids is 1. The average molecular weight is 337 g/mol. The molecule has 0 spiro atoms. The Balaban J connectivity index is 2.11. The monoisotopic (exact) mass is 337 g/mol. The summed E-state index contributed by atoms with van der Waals surface area (Å²) in [5, 5.41) is 14.8. The number of thiocarbonyl (C=S) groups is 1. The molecular formula is C14H9F2N3O3S. The fraction of sp³-hybridized carbons (Fsp3) is 0. The Kier molecular flexibility index (Phi) is 4.91. The molecule has 9 heteroatoms. The summed E-state index contributed by atoms with van der Waals surface area (Å²) in [5.41, 5.74) is -0.869. The highest BCUT2D eigenvalue weighted by Gasteiger charge is 2.15. The van der Waals surface area contributed by atoms with Crippen molar-refractivity contribution in [1.82, 2.24) is 5.32 Å². The SMILES string of the molecule is O=C(NC(=S)Nc1cc([N+](=O)[O-])ccc1F)c1ccccc1F. The second-order valence-corrected chi connectivity index (χ2v) is 4.72. The number of rotatable bonds is 3. The largest absolute Gasteiger partial charge is 0.330 e. The summed E-state index contributed by atoms with van der Waals surface area (Å²) in [5.74, 6) is -2.36. The molecule has 0 aliphatic heterocycles. The third-order valence-electron chi connectivity index (χ3n) is 2.75. The molecule has 0 aliphatic carbocycles. The Hall–Kier alpha value is -2.94. The van der Waals surface area contributed by atoms with Crippen LogP contribution < -0.4 is 10.6 Å². The summed E-state index contributed by atoms with van der Waals surface area (Å²) >= 11 is 4.82. The Morgan fingerprint density at radius 2 is 1.83 bits per heavy atom. The van der Waals surface area contributed by atoms with Crippen LogP contribution in [0.15, 0.2) is 42.5 Å². The number of nitro groups is 1. The van der Waals surface area contributed by atoms with E-state index in [1.54, 1.807) is 0 Å². The minimum atomic E-state index is -0.827. The van der Waals surface area contributed by atoms with E-state index in [9.17, 15) is 23.7 Å².